The summed E-state index contributed by atoms with van der Waals surface area (Å²) in [4.78, 5) is 18.5. The first-order chi connectivity index (χ1) is 13.2. The van der Waals surface area contributed by atoms with Gasteiger partial charge in [-0.2, -0.15) is 0 Å². The lowest BCUT2D eigenvalue weighted by molar-refractivity contribution is -0.168. The predicted octanol–water partition coefficient (Wildman–Crippen LogP) is 2.60. The Bertz CT molecular complexity index is 793. The number of halogens is 1. The molecule has 2 saturated heterocycles. The monoisotopic (exact) mass is 370 g/mol. The highest BCUT2D eigenvalue weighted by Crippen LogP contribution is 2.40. The Labute approximate surface area is 158 Å². The summed E-state index contributed by atoms with van der Waals surface area (Å²) in [5.41, 5.74) is 1.03. The van der Waals surface area contributed by atoms with Gasteiger partial charge in [0.05, 0.1) is 38.4 Å². The molecule has 4 rings (SSSR count). The molecule has 3 heterocycles. The van der Waals surface area contributed by atoms with Gasteiger partial charge in [0.15, 0.2) is 0 Å². The van der Waals surface area contributed by atoms with Crippen LogP contribution in [0.4, 0.5) is 4.39 Å². The maximum absolute atomic E-state index is 13.8. The van der Waals surface area contributed by atoms with Crippen LogP contribution in [0, 0.1) is 11.7 Å². The van der Waals surface area contributed by atoms with Crippen molar-refractivity contribution in [3.05, 3.63) is 65.7 Å². The van der Waals surface area contributed by atoms with E-state index in [4.69, 9.17) is 9.47 Å². The molecule has 6 heteroatoms. The largest absolute Gasteiger partial charge is 0.375 e. The lowest BCUT2D eigenvalue weighted by Crippen LogP contribution is -2.66. The van der Waals surface area contributed by atoms with Gasteiger partial charge < -0.3 is 14.4 Å². The number of hydrogen-bond acceptors (Lipinski definition) is 4. The molecule has 2 aromatic rings. The molecular formula is C21H23FN2O3. The van der Waals surface area contributed by atoms with Crippen LogP contribution in [0.3, 0.4) is 0 Å². The molecule has 27 heavy (non-hydrogen) atoms. The highest BCUT2D eigenvalue weighted by molar-refractivity contribution is 5.80. The molecule has 5 nitrogen and oxygen atoms in total. The van der Waals surface area contributed by atoms with Crippen molar-refractivity contribution in [3.8, 4) is 0 Å². The number of ether oxygens (including phenoxy) is 2. The van der Waals surface area contributed by atoms with E-state index in [0.717, 1.165) is 12.1 Å². The number of hydrogen-bond donors (Lipinski definition) is 0. The second kappa shape index (κ2) is 7.74. The molecule has 1 unspecified atom stereocenters. The molecule has 1 amide bonds. The van der Waals surface area contributed by atoms with Gasteiger partial charge >= 0.3 is 0 Å². The molecule has 0 N–H and O–H groups in total. The third-order valence-electron chi connectivity index (χ3n) is 5.46. The second-order valence-corrected chi connectivity index (χ2v) is 7.25. The zero-order valence-electron chi connectivity index (χ0n) is 15.1. The van der Waals surface area contributed by atoms with Crippen molar-refractivity contribution in [2.24, 2.45) is 5.92 Å². The minimum absolute atomic E-state index is 0.0608. The normalized spacial score (nSPS) is 20.6. The van der Waals surface area contributed by atoms with E-state index in [9.17, 15) is 9.18 Å². The lowest BCUT2D eigenvalue weighted by Gasteiger charge is -2.50. The van der Waals surface area contributed by atoms with Gasteiger partial charge in [0.1, 0.15) is 11.4 Å². The maximum Gasteiger partial charge on any atom is 0.227 e. The standard InChI is InChI=1S/C21H23FN2O3/c22-19-7-2-1-5-16(19)11-20(25)24-14-21(15-24)17(8-10-27-21)12-26-13-18-6-3-4-9-23-18/h1-7,9,17H,8,10-15H2. The van der Waals surface area contributed by atoms with Crippen LogP contribution in [0.15, 0.2) is 48.7 Å². The maximum atomic E-state index is 13.8. The van der Waals surface area contributed by atoms with Crippen LogP contribution in [0.25, 0.3) is 0 Å². The van der Waals surface area contributed by atoms with Crippen molar-refractivity contribution in [1.29, 1.82) is 0 Å². The number of rotatable bonds is 6. The number of nitrogens with zero attached hydrogens (tertiary/aromatic N) is 2. The lowest BCUT2D eigenvalue weighted by atomic mass is 9.81. The number of carbonyl (C=O) groups excluding carboxylic acids is 1. The number of pyridine rings is 1. The van der Waals surface area contributed by atoms with Crippen molar-refractivity contribution in [1.82, 2.24) is 9.88 Å². The van der Waals surface area contributed by atoms with E-state index in [1.807, 2.05) is 18.2 Å². The minimum atomic E-state index is -0.334. The van der Waals surface area contributed by atoms with Crippen molar-refractivity contribution >= 4 is 5.91 Å². The predicted molar refractivity (Wildman–Crippen MR) is 97.4 cm³/mol. The molecule has 2 aliphatic rings. The molecule has 1 spiro atoms. The van der Waals surface area contributed by atoms with Gasteiger partial charge in [0, 0.05) is 18.7 Å². The highest BCUT2D eigenvalue weighted by atomic mass is 19.1. The van der Waals surface area contributed by atoms with E-state index in [1.54, 1.807) is 29.3 Å². The van der Waals surface area contributed by atoms with Crippen LogP contribution in [0.1, 0.15) is 17.7 Å². The van der Waals surface area contributed by atoms with E-state index < -0.39 is 0 Å². The van der Waals surface area contributed by atoms with Crippen molar-refractivity contribution in [2.45, 2.75) is 25.0 Å². The summed E-state index contributed by atoms with van der Waals surface area (Å²) in [7, 11) is 0. The van der Waals surface area contributed by atoms with Crippen molar-refractivity contribution in [3.63, 3.8) is 0 Å². The number of aromatic nitrogens is 1. The van der Waals surface area contributed by atoms with Crippen LogP contribution in [0.2, 0.25) is 0 Å². The van der Waals surface area contributed by atoms with Crippen LogP contribution >= 0.6 is 0 Å². The summed E-state index contributed by atoms with van der Waals surface area (Å²) in [5, 5.41) is 0. The van der Waals surface area contributed by atoms with Crippen molar-refractivity contribution < 1.29 is 18.7 Å². The smallest absolute Gasteiger partial charge is 0.227 e. The van der Waals surface area contributed by atoms with Gasteiger partial charge in [0.2, 0.25) is 5.91 Å². The molecule has 1 aromatic heterocycles. The summed E-state index contributed by atoms with van der Waals surface area (Å²) in [6.45, 7) is 2.86. The second-order valence-electron chi connectivity index (χ2n) is 7.25. The van der Waals surface area contributed by atoms with E-state index in [2.05, 4.69) is 4.98 Å². The Morgan fingerprint density at radius 2 is 2.07 bits per heavy atom. The van der Waals surface area contributed by atoms with Crippen LogP contribution in [-0.2, 0) is 27.3 Å². The number of carbonyl (C=O) groups is 1. The Kier molecular flexibility index (Phi) is 5.18. The Morgan fingerprint density at radius 1 is 1.26 bits per heavy atom. The summed E-state index contributed by atoms with van der Waals surface area (Å²) in [6.07, 6.45) is 2.77. The summed E-state index contributed by atoms with van der Waals surface area (Å²) < 4.78 is 25.6. The summed E-state index contributed by atoms with van der Waals surface area (Å²) in [6, 6.07) is 12.2. The fourth-order valence-electron chi connectivity index (χ4n) is 3.85. The first kappa shape index (κ1) is 18.1. The molecule has 2 aliphatic heterocycles. The fourth-order valence-corrected chi connectivity index (χ4v) is 3.85. The molecule has 0 bridgehead atoms. The molecule has 142 valence electrons. The molecule has 1 aromatic carbocycles. The van der Waals surface area contributed by atoms with E-state index in [0.29, 0.717) is 38.5 Å². The average molecular weight is 370 g/mol. The molecule has 0 aliphatic carbocycles. The van der Waals surface area contributed by atoms with Crippen LogP contribution in [-0.4, -0.2) is 47.7 Å². The van der Waals surface area contributed by atoms with Gasteiger partial charge in [-0.15, -0.1) is 0 Å². The van der Waals surface area contributed by atoms with Gasteiger partial charge in [-0.3, -0.25) is 9.78 Å². The van der Waals surface area contributed by atoms with E-state index in [1.165, 1.54) is 6.07 Å². The van der Waals surface area contributed by atoms with Gasteiger partial charge in [0.25, 0.3) is 0 Å². The molecule has 2 fully saturated rings. The third-order valence-corrected chi connectivity index (χ3v) is 5.46. The summed E-state index contributed by atoms with van der Waals surface area (Å²) in [5.74, 6) is -0.132. The zero-order chi connectivity index (χ0) is 18.7. The number of benzene rings is 1. The van der Waals surface area contributed by atoms with E-state index in [-0.39, 0.29) is 29.7 Å². The van der Waals surface area contributed by atoms with Crippen LogP contribution in [0.5, 0.6) is 0 Å². The van der Waals surface area contributed by atoms with Gasteiger partial charge in [-0.1, -0.05) is 24.3 Å². The van der Waals surface area contributed by atoms with Gasteiger partial charge in [-0.25, -0.2) is 4.39 Å². The topological polar surface area (TPSA) is 51.7 Å². The minimum Gasteiger partial charge on any atom is -0.375 e. The van der Waals surface area contributed by atoms with Crippen LogP contribution < -0.4 is 0 Å². The SMILES string of the molecule is O=C(Cc1ccccc1F)N1CC2(C1)OCCC2COCc1ccccn1. The number of amides is 1. The highest BCUT2D eigenvalue weighted by Gasteiger charge is 2.54. The van der Waals surface area contributed by atoms with E-state index >= 15 is 0 Å². The first-order valence-electron chi connectivity index (χ1n) is 9.29. The Morgan fingerprint density at radius 3 is 2.85 bits per heavy atom. The number of likely N-dealkylation sites (tertiary alicyclic amines) is 1. The molecule has 0 radical (unpaired) electrons. The Balaban J connectivity index is 1.28. The quantitative estimate of drug-likeness (QED) is 0.784. The third kappa shape index (κ3) is 3.87. The molecule has 0 saturated carbocycles. The van der Waals surface area contributed by atoms with Gasteiger partial charge in [-0.05, 0) is 30.2 Å². The fraction of sp³-hybridized carbons (Fsp3) is 0.429. The molecular weight excluding hydrogens is 347 g/mol. The first-order valence-corrected chi connectivity index (χ1v) is 9.29. The zero-order valence-corrected chi connectivity index (χ0v) is 15.1. The van der Waals surface area contributed by atoms with Crippen molar-refractivity contribution in [2.75, 3.05) is 26.3 Å². The summed E-state index contributed by atoms with van der Waals surface area (Å²) >= 11 is 0. The Hall–Kier alpha value is -2.31. The average Bonchev–Trinajstić information content (AvgIpc) is 3.07. The molecule has 1 atom stereocenters.